The van der Waals surface area contributed by atoms with Crippen LogP contribution in [0, 0.1) is 5.82 Å². The number of amides is 2. The van der Waals surface area contributed by atoms with Crippen LogP contribution in [0.25, 0.3) is 10.9 Å². The number of carbonyl (C=O) groups is 2. The maximum absolute atomic E-state index is 13.2. The van der Waals surface area contributed by atoms with Crippen molar-refractivity contribution in [2.45, 2.75) is 6.04 Å². The minimum absolute atomic E-state index is 0.0422. The molecule has 0 aliphatic carbocycles. The minimum atomic E-state index is -0.930. The van der Waals surface area contributed by atoms with Gasteiger partial charge >= 0.3 is 0 Å². The standard InChI is InChI=1S/C25H19FN4O4/c1-30-23-18-3-2-11-27-19(18)8-9-22(23)33-14-21(25(30)32)29-24(31)20-13-17(10-12-28-20)34-16-6-4-15(26)5-7-16/h2-13,21H,14H2,1H3,(H,29,31)/t21-/m0/s1. The molecule has 0 spiro atoms. The number of hydrogen-bond acceptors (Lipinski definition) is 6. The Bertz CT molecular complexity index is 1390. The SMILES string of the molecule is CN1C(=O)[C@@H](NC(=O)c2cc(Oc3ccc(F)cc3)ccn2)COc2ccc3ncccc3c21. The minimum Gasteiger partial charge on any atom is -0.489 e. The smallest absolute Gasteiger partial charge is 0.270 e. The molecule has 5 rings (SSSR count). The van der Waals surface area contributed by atoms with Crippen LogP contribution in [0.3, 0.4) is 0 Å². The van der Waals surface area contributed by atoms with Crippen molar-refractivity contribution in [3.63, 3.8) is 0 Å². The third kappa shape index (κ3) is 4.11. The number of aromatic nitrogens is 2. The topological polar surface area (TPSA) is 93.7 Å². The van der Waals surface area contributed by atoms with Crippen LogP contribution in [-0.2, 0) is 4.79 Å². The van der Waals surface area contributed by atoms with Crippen molar-refractivity contribution in [1.82, 2.24) is 15.3 Å². The first-order valence-electron chi connectivity index (χ1n) is 10.5. The van der Waals surface area contributed by atoms with E-state index in [1.807, 2.05) is 12.1 Å². The van der Waals surface area contributed by atoms with Crippen LogP contribution >= 0.6 is 0 Å². The molecule has 2 aromatic carbocycles. The van der Waals surface area contributed by atoms with Crippen molar-refractivity contribution in [3.05, 3.63) is 84.6 Å². The van der Waals surface area contributed by atoms with E-state index in [-0.39, 0.29) is 24.0 Å². The lowest BCUT2D eigenvalue weighted by Crippen LogP contribution is -2.49. The summed E-state index contributed by atoms with van der Waals surface area (Å²) in [6.07, 6.45) is 3.10. The van der Waals surface area contributed by atoms with E-state index in [9.17, 15) is 14.0 Å². The summed E-state index contributed by atoms with van der Waals surface area (Å²) < 4.78 is 24.6. The van der Waals surface area contributed by atoms with Gasteiger partial charge in [-0.05, 0) is 54.6 Å². The zero-order valence-electron chi connectivity index (χ0n) is 18.1. The number of nitrogens with zero attached hydrogens (tertiary/aromatic N) is 3. The summed E-state index contributed by atoms with van der Waals surface area (Å²) in [7, 11) is 1.64. The van der Waals surface area contributed by atoms with Gasteiger partial charge in [0.2, 0.25) is 0 Å². The van der Waals surface area contributed by atoms with Crippen LogP contribution < -0.4 is 19.7 Å². The van der Waals surface area contributed by atoms with Crippen molar-refractivity contribution in [2.24, 2.45) is 0 Å². The van der Waals surface area contributed by atoms with Gasteiger partial charge in [0, 0.05) is 30.9 Å². The Labute approximate surface area is 194 Å². The number of likely N-dealkylation sites (N-methyl/N-ethyl adjacent to an activating group) is 1. The molecule has 0 saturated heterocycles. The fraction of sp³-hybridized carbons (Fsp3) is 0.120. The van der Waals surface area contributed by atoms with E-state index >= 15 is 0 Å². The van der Waals surface area contributed by atoms with Crippen LogP contribution in [0.5, 0.6) is 17.2 Å². The average molecular weight is 458 g/mol. The van der Waals surface area contributed by atoms with E-state index in [0.717, 1.165) is 10.9 Å². The van der Waals surface area contributed by atoms with E-state index < -0.39 is 11.9 Å². The maximum Gasteiger partial charge on any atom is 0.270 e. The number of halogens is 1. The Morgan fingerprint density at radius 2 is 1.91 bits per heavy atom. The largest absolute Gasteiger partial charge is 0.489 e. The molecule has 0 saturated carbocycles. The highest BCUT2D eigenvalue weighted by atomic mass is 19.1. The summed E-state index contributed by atoms with van der Waals surface area (Å²) >= 11 is 0. The van der Waals surface area contributed by atoms with Crippen molar-refractivity contribution < 1.29 is 23.5 Å². The molecule has 1 aliphatic heterocycles. The Morgan fingerprint density at radius 1 is 1.09 bits per heavy atom. The molecular weight excluding hydrogens is 439 g/mol. The predicted octanol–water partition coefficient (Wildman–Crippen LogP) is 3.72. The second kappa shape index (κ2) is 8.78. The number of ether oxygens (including phenoxy) is 2. The lowest BCUT2D eigenvalue weighted by Gasteiger charge is -2.21. The first-order valence-corrected chi connectivity index (χ1v) is 10.5. The summed E-state index contributed by atoms with van der Waals surface area (Å²) in [6.45, 7) is -0.0422. The van der Waals surface area contributed by atoms with Crippen molar-refractivity contribution >= 4 is 28.4 Å². The van der Waals surface area contributed by atoms with E-state index in [2.05, 4.69) is 15.3 Å². The molecule has 0 unspecified atom stereocenters. The Kier molecular flexibility index (Phi) is 5.51. The number of anilines is 1. The van der Waals surface area contributed by atoms with Crippen molar-refractivity contribution in [2.75, 3.05) is 18.6 Å². The van der Waals surface area contributed by atoms with E-state index in [1.165, 1.54) is 41.4 Å². The lowest BCUT2D eigenvalue weighted by atomic mass is 10.1. The van der Waals surface area contributed by atoms with E-state index in [1.54, 1.807) is 31.4 Å². The predicted molar refractivity (Wildman–Crippen MR) is 123 cm³/mol. The van der Waals surface area contributed by atoms with Gasteiger partial charge in [0.1, 0.15) is 41.4 Å². The first kappa shape index (κ1) is 21.3. The lowest BCUT2D eigenvalue weighted by molar-refractivity contribution is -0.120. The molecule has 170 valence electrons. The molecule has 0 radical (unpaired) electrons. The molecule has 3 heterocycles. The third-order valence-electron chi connectivity index (χ3n) is 5.41. The van der Waals surface area contributed by atoms with Gasteiger partial charge < -0.3 is 19.7 Å². The quantitative estimate of drug-likeness (QED) is 0.501. The third-order valence-corrected chi connectivity index (χ3v) is 5.41. The highest BCUT2D eigenvalue weighted by Crippen LogP contribution is 2.37. The molecule has 0 fully saturated rings. The highest BCUT2D eigenvalue weighted by molar-refractivity contribution is 6.08. The Balaban J connectivity index is 1.34. The molecule has 2 aromatic heterocycles. The average Bonchev–Trinajstić information content (AvgIpc) is 2.97. The van der Waals surface area contributed by atoms with E-state index in [4.69, 9.17) is 9.47 Å². The molecule has 9 heteroatoms. The molecule has 8 nitrogen and oxygen atoms in total. The maximum atomic E-state index is 13.2. The summed E-state index contributed by atoms with van der Waals surface area (Å²) in [5, 5.41) is 3.47. The fourth-order valence-corrected chi connectivity index (χ4v) is 3.74. The molecule has 1 aliphatic rings. The molecule has 1 N–H and O–H groups in total. The van der Waals surface area contributed by atoms with E-state index in [0.29, 0.717) is 22.9 Å². The van der Waals surface area contributed by atoms with Gasteiger partial charge in [0.05, 0.1) is 11.2 Å². The number of carbonyl (C=O) groups excluding carboxylic acids is 2. The number of rotatable bonds is 4. The van der Waals surface area contributed by atoms with Gasteiger partial charge in [-0.2, -0.15) is 0 Å². The fourth-order valence-electron chi connectivity index (χ4n) is 3.74. The number of benzene rings is 2. The van der Waals surface area contributed by atoms with Gasteiger partial charge in [-0.25, -0.2) is 4.39 Å². The second-order valence-electron chi connectivity index (χ2n) is 7.65. The summed E-state index contributed by atoms with van der Waals surface area (Å²) in [4.78, 5) is 36.0. The van der Waals surface area contributed by atoms with Crippen molar-refractivity contribution in [1.29, 1.82) is 0 Å². The second-order valence-corrected chi connectivity index (χ2v) is 7.65. The molecule has 34 heavy (non-hydrogen) atoms. The zero-order valence-corrected chi connectivity index (χ0v) is 18.1. The molecule has 0 bridgehead atoms. The van der Waals surface area contributed by atoms with Crippen LogP contribution in [0.15, 0.2) is 73.1 Å². The summed E-state index contributed by atoms with van der Waals surface area (Å²) in [5.41, 5.74) is 1.39. The molecule has 4 aromatic rings. The molecular formula is C25H19FN4O4. The number of pyridine rings is 2. The number of hydrogen-bond donors (Lipinski definition) is 1. The normalized spacial score (nSPS) is 15.3. The van der Waals surface area contributed by atoms with Crippen LogP contribution in [0.1, 0.15) is 10.5 Å². The molecule has 2 amide bonds. The van der Waals surface area contributed by atoms with Crippen molar-refractivity contribution in [3.8, 4) is 17.2 Å². The van der Waals surface area contributed by atoms with Crippen LogP contribution in [0.2, 0.25) is 0 Å². The summed E-state index contributed by atoms with van der Waals surface area (Å²) in [6, 6.07) is 14.8. The van der Waals surface area contributed by atoms with Gasteiger partial charge in [-0.15, -0.1) is 0 Å². The Hall–Kier alpha value is -4.53. The molecule has 1 atom stereocenters. The van der Waals surface area contributed by atoms with Crippen LogP contribution in [-0.4, -0.2) is 41.5 Å². The van der Waals surface area contributed by atoms with Gasteiger partial charge in [0.25, 0.3) is 11.8 Å². The van der Waals surface area contributed by atoms with Gasteiger partial charge in [-0.1, -0.05) is 0 Å². The summed E-state index contributed by atoms with van der Waals surface area (Å²) in [5.74, 6) is 0.0143. The van der Waals surface area contributed by atoms with Crippen LogP contribution in [0.4, 0.5) is 10.1 Å². The number of nitrogens with one attached hydrogen (secondary N) is 1. The van der Waals surface area contributed by atoms with Gasteiger partial charge in [0.15, 0.2) is 0 Å². The monoisotopic (exact) mass is 458 g/mol. The zero-order chi connectivity index (χ0) is 23.7. The number of fused-ring (bicyclic) bond motifs is 3. The first-order chi connectivity index (χ1) is 16.5. The Morgan fingerprint density at radius 3 is 2.74 bits per heavy atom. The highest BCUT2D eigenvalue weighted by Gasteiger charge is 2.32. The van der Waals surface area contributed by atoms with Gasteiger partial charge in [-0.3, -0.25) is 19.6 Å².